The Kier molecular flexibility index (Phi) is 2.05. The molecule has 2 heterocycles. The van der Waals surface area contributed by atoms with Crippen molar-refractivity contribution in [2.24, 2.45) is 0 Å². The molecule has 1 aromatic carbocycles. The van der Waals surface area contributed by atoms with E-state index in [9.17, 15) is 0 Å². The maximum atomic E-state index is 5.74. The molecular weight excluding hydrogens is 194 g/mol. The summed E-state index contributed by atoms with van der Waals surface area (Å²) in [6.45, 7) is 3.17. The van der Waals surface area contributed by atoms with Crippen LogP contribution < -0.4 is 9.64 Å². The van der Waals surface area contributed by atoms with Crippen molar-refractivity contribution in [1.82, 2.24) is 0 Å². The van der Waals surface area contributed by atoms with E-state index in [1.165, 1.54) is 16.3 Å². The third-order valence-corrected chi connectivity index (χ3v) is 3.75. The van der Waals surface area contributed by atoms with Gasteiger partial charge in [0.05, 0.1) is 12.3 Å². The highest BCUT2D eigenvalue weighted by Crippen LogP contribution is 2.42. The van der Waals surface area contributed by atoms with Crippen LogP contribution in [-0.2, 0) is 0 Å². The van der Waals surface area contributed by atoms with E-state index in [0.29, 0.717) is 0 Å². The molecule has 2 aliphatic heterocycles. The van der Waals surface area contributed by atoms with Crippen LogP contribution in [0, 0.1) is 0 Å². The summed E-state index contributed by atoms with van der Waals surface area (Å²) in [6.07, 6.45) is 1.14. The van der Waals surface area contributed by atoms with Crippen LogP contribution in [0.15, 0.2) is 23.1 Å². The molecule has 0 radical (unpaired) electrons. The Morgan fingerprint density at radius 2 is 2.29 bits per heavy atom. The molecule has 0 N–H and O–H groups in total. The zero-order chi connectivity index (χ0) is 9.38. The smallest absolute Gasteiger partial charge is 0.143 e. The van der Waals surface area contributed by atoms with Gasteiger partial charge in [-0.2, -0.15) is 0 Å². The normalized spacial score (nSPS) is 19.6. The summed E-state index contributed by atoms with van der Waals surface area (Å²) >= 11 is 1.94. The van der Waals surface area contributed by atoms with Crippen molar-refractivity contribution >= 4 is 17.4 Å². The second kappa shape index (κ2) is 3.39. The molecule has 0 saturated heterocycles. The third-order valence-electron chi connectivity index (χ3n) is 2.73. The van der Waals surface area contributed by atoms with Gasteiger partial charge >= 0.3 is 0 Å². The average Bonchev–Trinajstić information content (AvgIpc) is 2.44. The number of anilines is 1. The molecule has 74 valence electrons. The highest BCUT2D eigenvalue weighted by molar-refractivity contribution is 7.99. The first-order valence-corrected chi connectivity index (χ1v) is 6.07. The van der Waals surface area contributed by atoms with Gasteiger partial charge in [-0.3, -0.25) is 0 Å². The van der Waals surface area contributed by atoms with Gasteiger partial charge in [0.15, 0.2) is 0 Å². The number of benzene rings is 1. The van der Waals surface area contributed by atoms with Crippen LogP contribution in [0.4, 0.5) is 5.69 Å². The minimum atomic E-state index is 0.859. The van der Waals surface area contributed by atoms with E-state index in [1.54, 1.807) is 0 Å². The van der Waals surface area contributed by atoms with Crippen LogP contribution in [-0.4, -0.2) is 25.4 Å². The van der Waals surface area contributed by atoms with Gasteiger partial charge in [0.2, 0.25) is 0 Å². The summed E-state index contributed by atoms with van der Waals surface area (Å²) in [6, 6.07) is 6.38. The predicted octanol–water partition coefficient (Wildman–Crippen LogP) is 2.38. The zero-order valence-electron chi connectivity index (χ0n) is 8.03. The van der Waals surface area contributed by atoms with Crippen molar-refractivity contribution in [3.8, 4) is 5.75 Å². The molecule has 0 bridgehead atoms. The Hall–Kier alpha value is -0.830. The number of nitrogens with zero attached hydrogens (tertiary/aromatic N) is 1. The standard InChI is InChI=1S/C11H13NOS/c1-3-9-11-10(4-1)14-8-6-12(11)5-2-7-13-9/h1,3-4H,2,5-8H2. The average molecular weight is 207 g/mol. The Morgan fingerprint density at radius 1 is 1.29 bits per heavy atom. The molecule has 2 nitrogen and oxygen atoms in total. The van der Waals surface area contributed by atoms with Gasteiger partial charge in [0.1, 0.15) is 5.75 Å². The van der Waals surface area contributed by atoms with Crippen molar-refractivity contribution in [2.45, 2.75) is 11.3 Å². The molecule has 14 heavy (non-hydrogen) atoms. The van der Waals surface area contributed by atoms with Crippen LogP contribution in [0.2, 0.25) is 0 Å². The molecule has 0 saturated carbocycles. The van der Waals surface area contributed by atoms with Crippen molar-refractivity contribution in [3.05, 3.63) is 18.2 Å². The number of hydrogen-bond donors (Lipinski definition) is 0. The topological polar surface area (TPSA) is 12.5 Å². The number of thioether (sulfide) groups is 1. The molecule has 3 heteroatoms. The number of rotatable bonds is 0. The van der Waals surface area contributed by atoms with Crippen LogP contribution >= 0.6 is 11.8 Å². The van der Waals surface area contributed by atoms with Crippen molar-refractivity contribution in [2.75, 3.05) is 30.3 Å². The van der Waals surface area contributed by atoms with Crippen LogP contribution in [0.5, 0.6) is 5.75 Å². The van der Waals surface area contributed by atoms with Gasteiger partial charge in [-0.25, -0.2) is 0 Å². The maximum Gasteiger partial charge on any atom is 0.143 e. The molecule has 2 aliphatic rings. The predicted molar refractivity (Wildman–Crippen MR) is 59.5 cm³/mol. The maximum absolute atomic E-state index is 5.74. The van der Waals surface area contributed by atoms with Crippen molar-refractivity contribution < 1.29 is 4.74 Å². The second-order valence-electron chi connectivity index (χ2n) is 3.64. The minimum Gasteiger partial charge on any atom is -0.491 e. The number of ether oxygens (including phenoxy) is 1. The second-order valence-corrected chi connectivity index (χ2v) is 4.78. The summed E-state index contributed by atoms with van der Waals surface area (Å²) in [5, 5.41) is 0. The van der Waals surface area contributed by atoms with Crippen molar-refractivity contribution in [3.63, 3.8) is 0 Å². The quantitative estimate of drug-likeness (QED) is 0.648. The first kappa shape index (κ1) is 8.48. The van der Waals surface area contributed by atoms with E-state index in [0.717, 1.165) is 31.9 Å². The largest absolute Gasteiger partial charge is 0.491 e. The Labute approximate surface area is 88.2 Å². The highest BCUT2D eigenvalue weighted by atomic mass is 32.2. The summed E-state index contributed by atoms with van der Waals surface area (Å²) in [5.74, 6) is 2.28. The van der Waals surface area contributed by atoms with E-state index in [2.05, 4.69) is 23.1 Å². The van der Waals surface area contributed by atoms with Gasteiger partial charge in [-0.1, -0.05) is 6.07 Å². The lowest BCUT2D eigenvalue weighted by atomic mass is 10.2. The summed E-state index contributed by atoms with van der Waals surface area (Å²) in [5.41, 5.74) is 1.33. The molecule has 0 spiro atoms. The first-order valence-electron chi connectivity index (χ1n) is 5.09. The fourth-order valence-corrected chi connectivity index (χ4v) is 3.16. The molecular formula is C11H13NOS. The Balaban J connectivity index is 2.14. The van der Waals surface area contributed by atoms with Crippen LogP contribution in [0.3, 0.4) is 0 Å². The Morgan fingerprint density at radius 3 is 3.29 bits per heavy atom. The lowest BCUT2D eigenvalue weighted by Gasteiger charge is -2.29. The van der Waals surface area contributed by atoms with E-state index < -0.39 is 0 Å². The summed E-state index contributed by atoms with van der Waals surface area (Å²) in [7, 11) is 0. The van der Waals surface area contributed by atoms with E-state index in [-0.39, 0.29) is 0 Å². The number of para-hydroxylation sites is 1. The SMILES string of the molecule is c1cc2c3c(c1)SCCN3CCCO2. The van der Waals surface area contributed by atoms with Crippen LogP contribution in [0.25, 0.3) is 0 Å². The lowest BCUT2D eigenvalue weighted by Crippen LogP contribution is -2.29. The van der Waals surface area contributed by atoms with Gasteiger partial charge < -0.3 is 9.64 Å². The van der Waals surface area contributed by atoms with E-state index in [1.807, 2.05) is 11.8 Å². The third kappa shape index (κ3) is 1.27. The minimum absolute atomic E-state index is 0.859. The molecule has 3 rings (SSSR count). The van der Waals surface area contributed by atoms with Crippen LogP contribution in [0.1, 0.15) is 6.42 Å². The van der Waals surface area contributed by atoms with E-state index >= 15 is 0 Å². The molecule has 1 aromatic rings. The zero-order valence-corrected chi connectivity index (χ0v) is 8.85. The molecule has 0 fully saturated rings. The number of hydrogen-bond acceptors (Lipinski definition) is 3. The first-order chi connectivity index (χ1) is 6.95. The van der Waals surface area contributed by atoms with Gasteiger partial charge in [-0.05, 0) is 18.6 Å². The molecule has 0 aromatic heterocycles. The lowest BCUT2D eigenvalue weighted by molar-refractivity contribution is 0.322. The Bertz CT molecular complexity index is 353. The monoisotopic (exact) mass is 207 g/mol. The summed E-state index contributed by atoms with van der Waals surface area (Å²) < 4.78 is 5.74. The molecule has 0 atom stereocenters. The highest BCUT2D eigenvalue weighted by Gasteiger charge is 2.23. The van der Waals surface area contributed by atoms with Crippen molar-refractivity contribution in [1.29, 1.82) is 0 Å². The van der Waals surface area contributed by atoms with E-state index in [4.69, 9.17) is 4.74 Å². The molecule has 0 unspecified atom stereocenters. The van der Waals surface area contributed by atoms with Gasteiger partial charge in [-0.15, -0.1) is 11.8 Å². The summed E-state index contributed by atoms with van der Waals surface area (Å²) in [4.78, 5) is 3.85. The molecule has 0 amide bonds. The molecule has 0 aliphatic carbocycles. The fraction of sp³-hybridized carbons (Fsp3) is 0.455. The van der Waals surface area contributed by atoms with Gasteiger partial charge in [0, 0.05) is 23.7 Å². The fourth-order valence-electron chi connectivity index (χ4n) is 2.09. The van der Waals surface area contributed by atoms with Gasteiger partial charge in [0.25, 0.3) is 0 Å².